The summed E-state index contributed by atoms with van der Waals surface area (Å²) in [5.41, 5.74) is 1.08. The van der Waals surface area contributed by atoms with Gasteiger partial charge in [0.2, 0.25) is 5.91 Å². The van der Waals surface area contributed by atoms with Crippen LogP contribution in [0.25, 0.3) is 0 Å². The van der Waals surface area contributed by atoms with E-state index in [1.807, 2.05) is 6.92 Å². The highest BCUT2D eigenvalue weighted by Gasteiger charge is 2.26. The summed E-state index contributed by atoms with van der Waals surface area (Å²) in [6.45, 7) is 2.03. The first-order valence-electron chi connectivity index (χ1n) is 4.95. The monoisotopic (exact) mass is 222 g/mol. The second-order valence-corrected chi connectivity index (χ2v) is 3.71. The number of rotatable bonds is 1. The van der Waals surface area contributed by atoms with E-state index in [4.69, 9.17) is 0 Å². The van der Waals surface area contributed by atoms with E-state index in [-0.39, 0.29) is 24.6 Å². The van der Waals surface area contributed by atoms with Gasteiger partial charge in [-0.3, -0.25) is 15.0 Å². The topological polar surface area (TPSA) is 49.4 Å². The Morgan fingerprint density at radius 3 is 2.81 bits per heavy atom. The number of imide groups is 1. The maximum Gasteiger partial charge on any atom is 0.328 e. The van der Waals surface area contributed by atoms with E-state index in [0.29, 0.717) is 0 Å². The van der Waals surface area contributed by atoms with Crippen molar-refractivity contribution in [3.63, 3.8) is 0 Å². The van der Waals surface area contributed by atoms with Crippen molar-refractivity contribution in [2.75, 3.05) is 11.4 Å². The third kappa shape index (κ3) is 1.88. The van der Waals surface area contributed by atoms with Crippen LogP contribution in [0.3, 0.4) is 0 Å². The molecule has 3 amide bonds. The molecule has 1 aromatic carbocycles. The zero-order valence-corrected chi connectivity index (χ0v) is 8.79. The van der Waals surface area contributed by atoms with E-state index in [1.165, 1.54) is 11.0 Å². The van der Waals surface area contributed by atoms with Gasteiger partial charge in [-0.1, -0.05) is 6.07 Å². The van der Waals surface area contributed by atoms with Crippen molar-refractivity contribution in [1.82, 2.24) is 5.32 Å². The first-order chi connectivity index (χ1) is 7.58. The van der Waals surface area contributed by atoms with Crippen LogP contribution in [0, 0.1) is 12.7 Å². The van der Waals surface area contributed by atoms with Gasteiger partial charge in [0.1, 0.15) is 5.82 Å². The molecule has 0 atom stereocenters. The van der Waals surface area contributed by atoms with Gasteiger partial charge in [-0.05, 0) is 24.6 Å². The first-order valence-corrected chi connectivity index (χ1v) is 4.95. The number of urea groups is 1. The molecule has 1 aliphatic rings. The largest absolute Gasteiger partial charge is 0.328 e. The van der Waals surface area contributed by atoms with Crippen molar-refractivity contribution in [3.8, 4) is 0 Å². The van der Waals surface area contributed by atoms with Crippen LogP contribution in [0.1, 0.15) is 12.0 Å². The number of hydrogen-bond donors (Lipinski definition) is 1. The fraction of sp³-hybridized carbons (Fsp3) is 0.273. The highest BCUT2D eigenvalue weighted by molar-refractivity contribution is 6.05. The van der Waals surface area contributed by atoms with Crippen molar-refractivity contribution in [3.05, 3.63) is 29.6 Å². The zero-order chi connectivity index (χ0) is 11.7. The molecule has 16 heavy (non-hydrogen) atoms. The summed E-state index contributed by atoms with van der Waals surface area (Å²) >= 11 is 0. The number of nitrogens with zero attached hydrogens (tertiary/aromatic N) is 1. The van der Waals surface area contributed by atoms with Crippen molar-refractivity contribution in [2.24, 2.45) is 0 Å². The Kier molecular flexibility index (Phi) is 2.60. The van der Waals surface area contributed by atoms with Gasteiger partial charge in [0.25, 0.3) is 0 Å². The van der Waals surface area contributed by atoms with Gasteiger partial charge in [-0.15, -0.1) is 0 Å². The molecule has 1 N–H and O–H groups in total. The van der Waals surface area contributed by atoms with Crippen LogP contribution in [0.2, 0.25) is 0 Å². The van der Waals surface area contributed by atoms with Crippen molar-refractivity contribution < 1.29 is 14.0 Å². The number of nitrogens with one attached hydrogen (secondary N) is 1. The Hall–Kier alpha value is -1.91. The molecule has 0 saturated carbocycles. The van der Waals surface area contributed by atoms with Crippen LogP contribution in [-0.2, 0) is 4.79 Å². The molecular formula is C11H11FN2O2. The Labute approximate surface area is 92.0 Å². The lowest BCUT2D eigenvalue weighted by atomic mass is 10.2. The lowest BCUT2D eigenvalue weighted by Gasteiger charge is -2.27. The number of amides is 3. The standard InChI is InChI=1S/C11H11FN2O2/c1-7-2-3-8(12)9(6-7)14-5-4-10(15)13-11(14)16/h2-3,6H,4-5H2,1H3,(H,13,15,16). The predicted octanol–water partition coefficient (Wildman–Crippen LogP) is 1.58. The second-order valence-electron chi connectivity index (χ2n) is 3.71. The zero-order valence-electron chi connectivity index (χ0n) is 8.79. The highest BCUT2D eigenvalue weighted by atomic mass is 19.1. The average Bonchev–Trinajstić information content (AvgIpc) is 2.22. The lowest BCUT2D eigenvalue weighted by Crippen LogP contribution is -2.49. The Morgan fingerprint density at radius 1 is 1.38 bits per heavy atom. The maximum absolute atomic E-state index is 13.5. The van der Waals surface area contributed by atoms with Crippen LogP contribution in [0.15, 0.2) is 18.2 Å². The number of aryl methyl sites for hydroxylation is 1. The van der Waals surface area contributed by atoms with E-state index in [1.54, 1.807) is 12.1 Å². The quantitative estimate of drug-likeness (QED) is 0.784. The van der Waals surface area contributed by atoms with Gasteiger partial charge < -0.3 is 0 Å². The van der Waals surface area contributed by atoms with Gasteiger partial charge in [-0.2, -0.15) is 0 Å². The summed E-state index contributed by atoms with van der Waals surface area (Å²) in [6, 6.07) is 3.96. The molecule has 84 valence electrons. The van der Waals surface area contributed by atoms with Crippen molar-refractivity contribution in [2.45, 2.75) is 13.3 Å². The molecule has 0 bridgehead atoms. The minimum absolute atomic E-state index is 0.194. The molecule has 1 aliphatic heterocycles. The second kappa shape index (κ2) is 3.92. The normalized spacial score (nSPS) is 16.2. The number of benzene rings is 1. The number of halogens is 1. The van der Waals surface area contributed by atoms with E-state index in [2.05, 4.69) is 5.32 Å². The van der Waals surface area contributed by atoms with E-state index in [9.17, 15) is 14.0 Å². The van der Waals surface area contributed by atoms with Gasteiger partial charge in [0, 0.05) is 13.0 Å². The number of hydrogen-bond acceptors (Lipinski definition) is 2. The smallest absolute Gasteiger partial charge is 0.291 e. The maximum atomic E-state index is 13.5. The lowest BCUT2D eigenvalue weighted by molar-refractivity contribution is -0.120. The summed E-state index contributed by atoms with van der Waals surface area (Å²) in [7, 11) is 0. The minimum atomic E-state index is -0.569. The van der Waals surface area contributed by atoms with Crippen LogP contribution >= 0.6 is 0 Å². The first kappa shape index (κ1) is 10.6. The van der Waals surface area contributed by atoms with Crippen LogP contribution in [-0.4, -0.2) is 18.5 Å². The molecule has 0 unspecified atom stereocenters. The number of carbonyl (C=O) groups is 2. The number of carbonyl (C=O) groups excluding carboxylic acids is 2. The average molecular weight is 222 g/mol. The highest BCUT2D eigenvalue weighted by Crippen LogP contribution is 2.22. The van der Waals surface area contributed by atoms with Crippen LogP contribution < -0.4 is 10.2 Å². The van der Waals surface area contributed by atoms with Gasteiger partial charge >= 0.3 is 6.03 Å². The van der Waals surface area contributed by atoms with E-state index < -0.39 is 11.8 Å². The third-order valence-electron chi connectivity index (χ3n) is 2.45. The molecule has 2 rings (SSSR count). The van der Waals surface area contributed by atoms with Crippen LogP contribution in [0.4, 0.5) is 14.9 Å². The summed E-state index contributed by atoms with van der Waals surface area (Å²) in [6.07, 6.45) is 0.194. The van der Waals surface area contributed by atoms with Crippen molar-refractivity contribution >= 4 is 17.6 Å². The van der Waals surface area contributed by atoms with E-state index in [0.717, 1.165) is 5.56 Å². The van der Waals surface area contributed by atoms with E-state index >= 15 is 0 Å². The summed E-state index contributed by atoms with van der Waals surface area (Å²) < 4.78 is 13.5. The molecule has 0 radical (unpaired) electrons. The predicted molar refractivity (Wildman–Crippen MR) is 56.6 cm³/mol. The molecule has 1 heterocycles. The molecule has 1 saturated heterocycles. The Morgan fingerprint density at radius 2 is 2.12 bits per heavy atom. The fourth-order valence-corrected chi connectivity index (χ4v) is 1.62. The van der Waals surface area contributed by atoms with Crippen LogP contribution in [0.5, 0.6) is 0 Å². The molecule has 5 heteroatoms. The van der Waals surface area contributed by atoms with Gasteiger partial charge in [0.05, 0.1) is 5.69 Å². The summed E-state index contributed by atoms with van der Waals surface area (Å²) in [4.78, 5) is 23.7. The molecule has 0 aromatic heterocycles. The molecule has 1 aromatic rings. The van der Waals surface area contributed by atoms with Gasteiger partial charge in [-0.25, -0.2) is 9.18 Å². The molecule has 0 aliphatic carbocycles. The van der Waals surface area contributed by atoms with Gasteiger partial charge in [0.15, 0.2) is 0 Å². The minimum Gasteiger partial charge on any atom is -0.291 e. The molecule has 1 fully saturated rings. The third-order valence-corrected chi connectivity index (χ3v) is 2.45. The number of anilines is 1. The Balaban J connectivity index is 2.33. The summed E-state index contributed by atoms with van der Waals surface area (Å²) in [5.74, 6) is -0.788. The van der Waals surface area contributed by atoms with Crippen molar-refractivity contribution in [1.29, 1.82) is 0 Å². The molecular weight excluding hydrogens is 211 g/mol. The molecule has 4 nitrogen and oxygen atoms in total. The fourth-order valence-electron chi connectivity index (χ4n) is 1.62. The Bertz CT molecular complexity index is 459. The molecule has 0 spiro atoms. The summed E-state index contributed by atoms with van der Waals surface area (Å²) in [5, 5.41) is 2.16. The SMILES string of the molecule is Cc1ccc(F)c(N2CCC(=O)NC2=O)c1.